The van der Waals surface area contributed by atoms with Gasteiger partial charge in [0.15, 0.2) is 0 Å². The number of nitrogens with zero attached hydrogens (tertiary/aromatic N) is 1. The number of anilines is 1. The van der Waals surface area contributed by atoms with Gasteiger partial charge < -0.3 is 14.8 Å². The van der Waals surface area contributed by atoms with E-state index < -0.39 is 10.8 Å². The maximum Gasteiger partial charge on any atom is 0.296 e. The Morgan fingerprint density at radius 2 is 1.92 bits per heavy atom. The zero-order valence-electron chi connectivity index (χ0n) is 13.0. The van der Waals surface area contributed by atoms with Gasteiger partial charge in [-0.1, -0.05) is 12.7 Å². The summed E-state index contributed by atoms with van der Waals surface area (Å²) in [6.45, 7) is 3.91. The van der Waals surface area contributed by atoms with E-state index in [2.05, 4.69) is 11.9 Å². The highest BCUT2D eigenvalue weighted by molar-refractivity contribution is 6.05. The number of hydrogen-bond donors (Lipinski definition) is 1. The van der Waals surface area contributed by atoms with Crippen LogP contribution in [0.5, 0.6) is 11.5 Å². The summed E-state index contributed by atoms with van der Waals surface area (Å²) < 4.78 is 10.3. The molecule has 0 aliphatic rings. The Balaban J connectivity index is 2.17. The Kier molecular flexibility index (Phi) is 5.51. The van der Waals surface area contributed by atoms with Crippen molar-refractivity contribution in [3.05, 3.63) is 70.8 Å². The second kappa shape index (κ2) is 7.77. The van der Waals surface area contributed by atoms with Gasteiger partial charge in [0.1, 0.15) is 23.8 Å². The van der Waals surface area contributed by atoms with Crippen molar-refractivity contribution in [3.8, 4) is 11.5 Å². The van der Waals surface area contributed by atoms with Crippen LogP contribution in [0, 0.1) is 10.1 Å². The lowest BCUT2D eigenvalue weighted by Crippen LogP contribution is -2.13. The van der Waals surface area contributed by atoms with Gasteiger partial charge >= 0.3 is 0 Å². The summed E-state index contributed by atoms with van der Waals surface area (Å²) >= 11 is 0. The molecule has 0 aliphatic heterocycles. The van der Waals surface area contributed by atoms with Crippen molar-refractivity contribution >= 4 is 17.3 Å². The number of nitro groups is 1. The Morgan fingerprint density at radius 3 is 2.50 bits per heavy atom. The molecule has 124 valence electrons. The molecule has 0 unspecified atom stereocenters. The molecular formula is C17H16N2O5. The molecule has 0 fully saturated rings. The Labute approximate surface area is 138 Å². The number of amides is 1. The molecule has 0 saturated heterocycles. The molecule has 7 heteroatoms. The van der Waals surface area contributed by atoms with E-state index in [1.165, 1.54) is 25.3 Å². The number of methoxy groups -OCH3 is 1. The first-order valence-corrected chi connectivity index (χ1v) is 7.02. The molecule has 2 rings (SSSR count). The predicted octanol–water partition coefficient (Wildman–Crippen LogP) is 3.42. The molecule has 2 aromatic rings. The monoisotopic (exact) mass is 328 g/mol. The molecular weight excluding hydrogens is 312 g/mol. The van der Waals surface area contributed by atoms with Crippen LogP contribution < -0.4 is 14.8 Å². The molecule has 0 saturated carbocycles. The van der Waals surface area contributed by atoms with E-state index in [4.69, 9.17) is 9.47 Å². The highest BCUT2D eigenvalue weighted by Crippen LogP contribution is 2.29. The number of nitrogens with one attached hydrogen (secondary N) is 1. The molecule has 24 heavy (non-hydrogen) atoms. The highest BCUT2D eigenvalue weighted by atomic mass is 16.6. The largest absolute Gasteiger partial charge is 0.496 e. The molecule has 0 radical (unpaired) electrons. The van der Waals surface area contributed by atoms with Crippen LogP contribution >= 0.6 is 0 Å². The zero-order chi connectivity index (χ0) is 17.5. The van der Waals surface area contributed by atoms with Crippen molar-refractivity contribution in [2.45, 2.75) is 0 Å². The third-order valence-corrected chi connectivity index (χ3v) is 3.13. The van der Waals surface area contributed by atoms with Crippen LogP contribution in [0.2, 0.25) is 0 Å². The molecule has 0 aromatic heterocycles. The van der Waals surface area contributed by atoms with Crippen molar-refractivity contribution in [3.63, 3.8) is 0 Å². The van der Waals surface area contributed by atoms with Crippen LogP contribution in [0.1, 0.15) is 10.4 Å². The SMILES string of the molecule is C=CCOc1ccc(C(=O)Nc2ccc(OC)cc2[N+](=O)[O-])cc1. The molecule has 0 atom stereocenters. The standard InChI is InChI=1S/C17H16N2O5/c1-3-10-24-13-6-4-12(5-7-13)17(20)18-15-9-8-14(23-2)11-16(15)19(21)22/h3-9,11H,1,10H2,2H3,(H,18,20). The Hall–Kier alpha value is -3.35. The molecule has 1 N–H and O–H groups in total. The normalized spacial score (nSPS) is 9.88. The Morgan fingerprint density at radius 1 is 1.25 bits per heavy atom. The van der Waals surface area contributed by atoms with Crippen molar-refractivity contribution in [1.82, 2.24) is 0 Å². The predicted molar refractivity (Wildman–Crippen MR) is 89.7 cm³/mol. The molecule has 0 heterocycles. The second-order valence-corrected chi connectivity index (χ2v) is 4.72. The van der Waals surface area contributed by atoms with Crippen molar-refractivity contribution in [1.29, 1.82) is 0 Å². The van der Waals surface area contributed by atoms with Gasteiger partial charge in [-0.2, -0.15) is 0 Å². The topological polar surface area (TPSA) is 90.7 Å². The maximum absolute atomic E-state index is 12.2. The average molecular weight is 328 g/mol. The smallest absolute Gasteiger partial charge is 0.296 e. The van der Waals surface area contributed by atoms with E-state index in [-0.39, 0.29) is 11.4 Å². The van der Waals surface area contributed by atoms with Gasteiger partial charge in [0, 0.05) is 5.56 Å². The summed E-state index contributed by atoms with van der Waals surface area (Å²) in [5.74, 6) is 0.476. The van der Waals surface area contributed by atoms with Crippen molar-refractivity contribution in [2.24, 2.45) is 0 Å². The molecule has 0 spiro atoms. The van der Waals surface area contributed by atoms with Gasteiger partial charge in [-0.25, -0.2) is 0 Å². The minimum absolute atomic E-state index is 0.0952. The first-order chi connectivity index (χ1) is 11.5. The van der Waals surface area contributed by atoms with E-state index in [9.17, 15) is 14.9 Å². The number of ether oxygens (including phenoxy) is 2. The first kappa shape index (κ1) is 17.0. The van der Waals surface area contributed by atoms with Crippen LogP contribution in [0.25, 0.3) is 0 Å². The summed E-state index contributed by atoms with van der Waals surface area (Å²) in [7, 11) is 1.41. The number of carbonyl (C=O) groups is 1. The molecule has 0 aliphatic carbocycles. The van der Waals surface area contributed by atoms with Crippen molar-refractivity contribution < 1.29 is 19.2 Å². The number of rotatable bonds is 7. The number of benzene rings is 2. The number of carbonyl (C=O) groups excluding carboxylic acids is 1. The highest BCUT2D eigenvalue weighted by Gasteiger charge is 2.18. The quantitative estimate of drug-likeness (QED) is 0.478. The van der Waals surface area contributed by atoms with Crippen LogP contribution in [0.3, 0.4) is 0 Å². The third-order valence-electron chi connectivity index (χ3n) is 3.13. The van der Waals surface area contributed by atoms with Crippen LogP contribution in [0.15, 0.2) is 55.1 Å². The fourth-order valence-corrected chi connectivity index (χ4v) is 1.95. The van der Waals surface area contributed by atoms with E-state index in [1.807, 2.05) is 0 Å². The van der Waals surface area contributed by atoms with Gasteiger partial charge in [0.2, 0.25) is 0 Å². The minimum atomic E-state index is -0.579. The van der Waals surface area contributed by atoms with E-state index in [1.54, 1.807) is 30.3 Å². The van der Waals surface area contributed by atoms with E-state index in [0.717, 1.165) is 0 Å². The fourth-order valence-electron chi connectivity index (χ4n) is 1.95. The van der Waals surface area contributed by atoms with Crippen LogP contribution in [-0.2, 0) is 0 Å². The van der Waals surface area contributed by atoms with E-state index in [0.29, 0.717) is 23.7 Å². The summed E-state index contributed by atoms with van der Waals surface area (Å²) in [6, 6.07) is 10.6. The molecule has 7 nitrogen and oxygen atoms in total. The summed E-state index contributed by atoms with van der Waals surface area (Å²) in [6.07, 6.45) is 1.61. The number of nitro benzene ring substituents is 1. The van der Waals surface area contributed by atoms with Crippen LogP contribution in [-0.4, -0.2) is 24.5 Å². The fraction of sp³-hybridized carbons (Fsp3) is 0.118. The molecule has 1 amide bonds. The molecule has 0 bridgehead atoms. The second-order valence-electron chi connectivity index (χ2n) is 4.72. The third kappa shape index (κ3) is 4.10. The lowest BCUT2D eigenvalue weighted by Gasteiger charge is -2.08. The number of hydrogen-bond acceptors (Lipinski definition) is 5. The van der Waals surface area contributed by atoms with Gasteiger partial charge in [0.05, 0.1) is 18.1 Å². The van der Waals surface area contributed by atoms with Gasteiger partial charge in [-0.3, -0.25) is 14.9 Å². The van der Waals surface area contributed by atoms with Gasteiger partial charge in [-0.15, -0.1) is 0 Å². The summed E-state index contributed by atoms with van der Waals surface area (Å²) in [5.41, 5.74) is 0.206. The minimum Gasteiger partial charge on any atom is -0.496 e. The molecule has 2 aromatic carbocycles. The first-order valence-electron chi connectivity index (χ1n) is 7.02. The average Bonchev–Trinajstić information content (AvgIpc) is 2.60. The summed E-state index contributed by atoms with van der Waals surface area (Å²) in [4.78, 5) is 22.8. The Bertz CT molecular complexity index is 756. The summed E-state index contributed by atoms with van der Waals surface area (Å²) in [5, 5.41) is 13.7. The van der Waals surface area contributed by atoms with Gasteiger partial charge in [-0.05, 0) is 36.4 Å². The lowest BCUT2D eigenvalue weighted by molar-refractivity contribution is -0.384. The van der Waals surface area contributed by atoms with Crippen molar-refractivity contribution in [2.75, 3.05) is 19.0 Å². The maximum atomic E-state index is 12.2. The lowest BCUT2D eigenvalue weighted by atomic mass is 10.2. The van der Waals surface area contributed by atoms with Gasteiger partial charge in [0.25, 0.3) is 11.6 Å². The van der Waals surface area contributed by atoms with E-state index >= 15 is 0 Å². The zero-order valence-corrected chi connectivity index (χ0v) is 13.0. The van der Waals surface area contributed by atoms with Crippen LogP contribution in [0.4, 0.5) is 11.4 Å².